The van der Waals surface area contributed by atoms with Crippen LogP contribution in [0, 0.1) is 17.2 Å². The molecule has 2 fully saturated rings. The van der Waals surface area contributed by atoms with Crippen LogP contribution in [-0.4, -0.2) is 9.39 Å². The minimum atomic E-state index is -0.108. The minimum absolute atomic E-state index is 0.108. The number of nitrogens with zero attached hydrogens (tertiary/aromatic N) is 2. The van der Waals surface area contributed by atoms with Crippen LogP contribution in [-0.2, 0) is 6.54 Å². The van der Waals surface area contributed by atoms with Gasteiger partial charge in [0, 0.05) is 17.1 Å². The van der Waals surface area contributed by atoms with Crippen molar-refractivity contribution in [1.82, 2.24) is 4.57 Å². The summed E-state index contributed by atoms with van der Waals surface area (Å²) in [7, 11) is 0. The van der Waals surface area contributed by atoms with Gasteiger partial charge in [0.25, 0.3) is 5.56 Å². The highest BCUT2D eigenvalue weighted by Gasteiger charge is 2.36. The fraction of sp³-hybridized carbons (Fsp3) is 0.538. The van der Waals surface area contributed by atoms with Gasteiger partial charge >= 0.3 is 0 Å². The van der Waals surface area contributed by atoms with Crippen molar-refractivity contribution in [3.05, 3.63) is 33.7 Å². The lowest BCUT2D eigenvalue weighted by atomic mass is 10.2. The van der Waals surface area contributed by atoms with E-state index < -0.39 is 0 Å². The fourth-order valence-corrected chi connectivity index (χ4v) is 2.88. The van der Waals surface area contributed by atoms with E-state index in [2.05, 4.69) is 15.9 Å². The molecule has 0 saturated heterocycles. The standard InChI is InChI=1S/C13H13BrN2O/c14-11-5-10(11)7-16-12(8-1-2-8)4-3-9(6-15)13(16)17/h3-4,8,10-11H,1-2,5,7H2. The molecule has 1 heterocycles. The number of hydrogen-bond acceptors (Lipinski definition) is 2. The molecule has 4 heteroatoms. The maximum absolute atomic E-state index is 12.1. The first-order valence-corrected chi connectivity index (χ1v) is 6.90. The van der Waals surface area contributed by atoms with Crippen LogP contribution in [0.5, 0.6) is 0 Å². The second kappa shape index (κ2) is 3.99. The summed E-state index contributed by atoms with van der Waals surface area (Å²) >= 11 is 3.56. The van der Waals surface area contributed by atoms with Gasteiger partial charge in [0.15, 0.2) is 0 Å². The molecule has 1 aromatic heterocycles. The highest BCUT2D eigenvalue weighted by molar-refractivity contribution is 9.09. The fourth-order valence-electron chi connectivity index (χ4n) is 2.24. The third-order valence-electron chi connectivity index (χ3n) is 3.58. The van der Waals surface area contributed by atoms with E-state index in [0.29, 0.717) is 16.7 Å². The molecule has 0 bridgehead atoms. The number of halogens is 1. The molecule has 2 aliphatic carbocycles. The van der Waals surface area contributed by atoms with E-state index in [4.69, 9.17) is 5.26 Å². The van der Waals surface area contributed by atoms with E-state index in [1.54, 1.807) is 6.07 Å². The molecule has 0 radical (unpaired) electrons. The summed E-state index contributed by atoms with van der Waals surface area (Å²) in [5.74, 6) is 1.10. The molecule has 17 heavy (non-hydrogen) atoms. The summed E-state index contributed by atoms with van der Waals surface area (Å²) in [5.41, 5.74) is 1.28. The van der Waals surface area contributed by atoms with Gasteiger partial charge < -0.3 is 4.57 Å². The lowest BCUT2D eigenvalue weighted by molar-refractivity contribution is 0.581. The number of alkyl halides is 1. The lowest BCUT2D eigenvalue weighted by Crippen LogP contribution is -2.26. The summed E-state index contributed by atoms with van der Waals surface area (Å²) in [4.78, 5) is 12.7. The van der Waals surface area contributed by atoms with Gasteiger partial charge in [-0.15, -0.1) is 0 Å². The van der Waals surface area contributed by atoms with Gasteiger partial charge in [-0.25, -0.2) is 0 Å². The topological polar surface area (TPSA) is 45.8 Å². The van der Waals surface area contributed by atoms with E-state index in [0.717, 1.165) is 18.7 Å². The molecule has 3 rings (SSSR count). The number of nitriles is 1. The Kier molecular flexibility index (Phi) is 2.59. The summed E-state index contributed by atoms with van der Waals surface area (Å²) < 4.78 is 1.84. The van der Waals surface area contributed by atoms with Gasteiger partial charge in [-0.05, 0) is 43.2 Å². The van der Waals surface area contributed by atoms with Crippen LogP contribution in [0.3, 0.4) is 0 Å². The van der Waals surface area contributed by atoms with Crippen molar-refractivity contribution in [2.24, 2.45) is 5.92 Å². The van der Waals surface area contributed by atoms with Crippen molar-refractivity contribution in [2.45, 2.75) is 36.6 Å². The molecule has 0 amide bonds. The Labute approximate surface area is 108 Å². The van der Waals surface area contributed by atoms with Crippen molar-refractivity contribution < 1.29 is 0 Å². The maximum atomic E-state index is 12.1. The van der Waals surface area contributed by atoms with E-state index in [-0.39, 0.29) is 11.1 Å². The third kappa shape index (κ3) is 2.04. The zero-order chi connectivity index (χ0) is 12.0. The third-order valence-corrected chi connectivity index (χ3v) is 4.70. The molecule has 3 nitrogen and oxygen atoms in total. The SMILES string of the molecule is N#Cc1ccc(C2CC2)n(CC2CC2Br)c1=O. The first-order chi connectivity index (χ1) is 8.20. The molecular formula is C13H13BrN2O. The van der Waals surface area contributed by atoms with Crippen molar-refractivity contribution in [1.29, 1.82) is 5.26 Å². The predicted octanol–water partition coefficient (Wildman–Crippen LogP) is 2.38. The average Bonchev–Trinajstić information content (AvgIpc) is 3.20. The molecule has 2 atom stereocenters. The van der Waals surface area contributed by atoms with Crippen LogP contribution in [0.25, 0.3) is 0 Å². The average molecular weight is 293 g/mol. The summed E-state index contributed by atoms with van der Waals surface area (Å²) in [6.07, 6.45) is 3.48. The summed E-state index contributed by atoms with van der Waals surface area (Å²) in [6.45, 7) is 0.760. The van der Waals surface area contributed by atoms with Crippen LogP contribution in [0.2, 0.25) is 0 Å². The summed E-state index contributed by atoms with van der Waals surface area (Å²) in [5, 5.41) is 8.92. The molecule has 1 aromatic rings. The molecule has 0 spiro atoms. The highest BCUT2D eigenvalue weighted by Crippen LogP contribution is 2.42. The van der Waals surface area contributed by atoms with Crippen LogP contribution >= 0.6 is 15.9 Å². The van der Waals surface area contributed by atoms with E-state index in [1.165, 1.54) is 12.8 Å². The number of rotatable bonds is 3. The Morgan fingerprint density at radius 1 is 1.47 bits per heavy atom. The molecule has 0 aliphatic heterocycles. The number of pyridine rings is 1. The molecule has 2 saturated carbocycles. The van der Waals surface area contributed by atoms with Crippen LogP contribution in [0.15, 0.2) is 16.9 Å². The largest absolute Gasteiger partial charge is 0.311 e. The second-order valence-corrected chi connectivity index (χ2v) is 6.16. The molecule has 88 valence electrons. The Morgan fingerprint density at radius 2 is 2.18 bits per heavy atom. The van der Waals surface area contributed by atoms with Gasteiger partial charge in [-0.2, -0.15) is 5.26 Å². The molecule has 0 aromatic carbocycles. The predicted molar refractivity (Wildman–Crippen MR) is 68.2 cm³/mol. The monoisotopic (exact) mass is 292 g/mol. The summed E-state index contributed by atoms with van der Waals surface area (Å²) in [6, 6.07) is 5.62. The normalized spacial score (nSPS) is 26.6. The highest BCUT2D eigenvalue weighted by atomic mass is 79.9. The van der Waals surface area contributed by atoms with Crippen LogP contribution in [0.4, 0.5) is 0 Å². The van der Waals surface area contributed by atoms with Gasteiger partial charge in [0.1, 0.15) is 11.6 Å². The molecular weight excluding hydrogens is 280 g/mol. The minimum Gasteiger partial charge on any atom is -0.311 e. The number of aromatic nitrogens is 1. The van der Waals surface area contributed by atoms with Crippen molar-refractivity contribution in [2.75, 3.05) is 0 Å². The smallest absolute Gasteiger partial charge is 0.268 e. The number of hydrogen-bond donors (Lipinski definition) is 0. The quantitative estimate of drug-likeness (QED) is 0.803. The van der Waals surface area contributed by atoms with Crippen LogP contribution in [0.1, 0.15) is 36.4 Å². The van der Waals surface area contributed by atoms with Crippen molar-refractivity contribution >= 4 is 15.9 Å². The van der Waals surface area contributed by atoms with Gasteiger partial charge in [-0.3, -0.25) is 4.79 Å². The molecule has 0 N–H and O–H groups in total. The first kappa shape index (κ1) is 11.0. The van der Waals surface area contributed by atoms with E-state index in [9.17, 15) is 4.79 Å². The van der Waals surface area contributed by atoms with Gasteiger partial charge in [0.05, 0.1) is 0 Å². The zero-order valence-corrected chi connectivity index (χ0v) is 11.0. The maximum Gasteiger partial charge on any atom is 0.268 e. The van der Waals surface area contributed by atoms with Gasteiger partial charge in [0.2, 0.25) is 0 Å². The Hall–Kier alpha value is -1.08. The Balaban J connectivity index is 2.01. The lowest BCUT2D eigenvalue weighted by Gasteiger charge is -2.12. The Morgan fingerprint density at radius 3 is 2.71 bits per heavy atom. The van der Waals surface area contributed by atoms with Crippen molar-refractivity contribution in [3.8, 4) is 6.07 Å². The van der Waals surface area contributed by atoms with Crippen molar-refractivity contribution in [3.63, 3.8) is 0 Å². The van der Waals surface area contributed by atoms with E-state index in [1.807, 2.05) is 16.7 Å². The molecule has 2 aliphatic rings. The first-order valence-electron chi connectivity index (χ1n) is 5.98. The molecule has 2 unspecified atom stereocenters. The van der Waals surface area contributed by atoms with Crippen LogP contribution < -0.4 is 5.56 Å². The zero-order valence-electron chi connectivity index (χ0n) is 9.40. The second-order valence-electron chi connectivity index (χ2n) is 4.99. The van der Waals surface area contributed by atoms with E-state index >= 15 is 0 Å². The Bertz CT molecular complexity index is 554. The van der Waals surface area contributed by atoms with Gasteiger partial charge in [-0.1, -0.05) is 15.9 Å².